The number of carbonyl (C=O) groups excluding carboxylic acids is 1. The predicted octanol–water partition coefficient (Wildman–Crippen LogP) is 1.64. The van der Waals surface area contributed by atoms with Gasteiger partial charge in [0.2, 0.25) is 0 Å². The van der Waals surface area contributed by atoms with Crippen molar-refractivity contribution < 1.29 is 14.3 Å². The summed E-state index contributed by atoms with van der Waals surface area (Å²) in [5, 5.41) is 4.12. The lowest BCUT2D eigenvalue weighted by Gasteiger charge is -2.12. The topological polar surface area (TPSA) is 92.3 Å². The first-order valence-corrected chi connectivity index (χ1v) is 6.63. The van der Waals surface area contributed by atoms with E-state index in [1.54, 1.807) is 22.9 Å². The van der Waals surface area contributed by atoms with Gasteiger partial charge in [-0.2, -0.15) is 5.10 Å². The lowest BCUT2D eigenvalue weighted by atomic mass is 10.1. The number of ether oxygens (including phenoxy) is 2. The van der Waals surface area contributed by atoms with Crippen molar-refractivity contribution in [3.05, 3.63) is 35.9 Å². The highest BCUT2D eigenvalue weighted by Gasteiger charge is 2.17. The average Bonchev–Trinajstić information content (AvgIpc) is 2.92. The van der Waals surface area contributed by atoms with E-state index in [9.17, 15) is 4.79 Å². The van der Waals surface area contributed by atoms with Crippen LogP contribution in [0.3, 0.4) is 0 Å². The van der Waals surface area contributed by atoms with Crippen LogP contribution in [0.2, 0.25) is 0 Å². The fourth-order valence-corrected chi connectivity index (χ4v) is 1.93. The van der Waals surface area contributed by atoms with Gasteiger partial charge in [-0.25, -0.2) is 14.5 Å². The summed E-state index contributed by atoms with van der Waals surface area (Å²) in [5.41, 5.74) is 6.35. The van der Waals surface area contributed by atoms with Crippen LogP contribution >= 0.6 is 0 Å². The second-order valence-electron chi connectivity index (χ2n) is 4.40. The van der Waals surface area contributed by atoms with Gasteiger partial charge in [-0.15, -0.1) is 0 Å². The van der Waals surface area contributed by atoms with Crippen molar-refractivity contribution in [1.29, 1.82) is 0 Å². The molecule has 0 saturated heterocycles. The summed E-state index contributed by atoms with van der Waals surface area (Å²) < 4.78 is 12.2. The standard InChI is InChI=1S/C14H18N4O3/c1-3-7-18-12(16-9-17-18)8-21-11-6-4-5-10(15)13(11)14(19)20-2/h4-6,9H,3,7-8,15H2,1-2H3. The number of carbonyl (C=O) groups is 1. The third kappa shape index (κ3) is 3.31. The number of rotatable bonds is 6. The minimum Gasteiger partial charge on any atom is -0.485 e. The number of benzene rings is 1. The number of hydrogen-bond donors (Lipinski definition) is 1. The Labute approximate surface area is 122 Å². The molecule has 0 fully saturated rings. The van der Waals surface area contributed by atoms with Crippen LogP contribution in [-0.2, 0) is 17.9 Å². The molecule has 0 aliphatic heterocycles. The molecule has 0 radical (unpaired) electrons. The highest BCUT2D eigenvalue weighted by molar-refractivity contribution is 5.98. The van der Waals surface area contributed by atoms with Crippen LogP contribution in [0.4, 0.5) is 5.69 Å². The van der Waals surface area contributed by atoms with E-state index in [2.05, 4.69) is 17.0 Å². The largest absolute Gasteiger partial charge is 0.485 e. The normalized spacial score (nSPS) is 10.4. The van der Waals surface area contributed by atoms with E-state index in [0.29, 0.717) is 17.3 Å². The van der Waals surface area contributed by atoms with Crippen LogP contribution in [0, 0.1) is 0 Å². The Morgan fingerprint density at radius 1 is 1.43 bits per heavy atom. The van der Waals surface area contributed by atoms with Gasteiger partial charge in [-0.05, 0) is 18.6 Å². The van der Waals surface area contributed by atoms with E-state index in [-0.39, 0.29) is 12.2 Å². The van der Waals surface area contributed by atoms with Crippen molar-refractivity contribution in [2.45, 2.75) is 26.5 Å². The van der Waals surface area contributed by atoms with Gasteiger partial charge in [0, 0.05) is 12.2 Å². The number of esters is 1. The van der Waals surface area contributed by atoms with Gasteiger partial charge >= 0.3 is 5.97 Å². The quantitative estimate of drug-likeness (QED) is 0.642. The lowest BCUT2D eigenvalue weighted by Crippen LogP contribution is -2.12. The summed E-state index contributed by atoms with van der Waals surface area (Å²) >= 11 is 0. The molecule has 2 rings (SSSR count). The molecule has 0 aliphatic rings. The summed E-state index contributed by atoms with van der Waals surface area (Å²) in [6.07, 6.45) is 2.43. The number of methoxy groups -OCH3 is 1. The van der Waals surface area contributed by atoms with E-state index < -0.39 is 5.97 Å². The lowest BCUT2D eigenvalue weighted by molar-refractivity contribution is 0.0596. The molecule has 0 amide bonds. The summed E-state index contributed by atoms with van der Waals surface area (Å²) in [5.74, 6) is 0.529. The Hall–Kier alpha value is -2.57. The molecule has 1 aromatic carbocycles. The van der Waals surface area contributed by atoms with Gasteiger partial charge < -0.3 is 15.2 Å². The molecule has 1 heterocycles. The molecule has 7 nitrogen and oxygen atoms in total. The summed E-state index contributed by atoms with van der Waals surface area (Å²) in [7, 11) is 1.30. The summed E-state index contributed by atoms with van der Waals surface area (Å²) in [6.45, 7) is 3.02. The fraction of sp³-hybridized carbons (Fsp3) is 0.357. The molecule has 7 heteroatoms. The minimum atomic E-state index is -0.530. The Balaban J connectivity index is 2.18. The molecular weight excluding hydrogens is 272 g/mol. The average molecular weight is 290 g/mol. The maximum absolute atomic E-state index is 11.8. The van der Waals surface area contributed by atoms with Gasteiger partial charge in [-0.1, -0.05) is 13.0 Å². The molecule has 21 heavy (non-hydrogen) atoms. The number of anilines is 1. The molecule has 112 valence electrons. The van der Waals surface area contributed by atoms with Gasteiger partial charge in [0.05, 0.1) is 7.11 Å². The molecule has 2 N–H and O–H groups in total. The van der Waals surface area contributed by atoms with Crippen molar-refractivity contribution >= 4 is 11.7 Å². The molecule has 0 bridgehead atoms. The zero-order valence-electron chi connectivity index (χ0n) is 12.1. The minimum absolute atomic E-state index is 0.202. The number of hydrogen-bond acceptors (Lipinski definition) is 6. The molecule has 0 saturated carbocycles. The Bertz CT molecular complexity index is 624. The van der Waals surface area contributed by atoms with Crippen molar-refractivity contribution in [2.75, 3.05) is 12.8 Å². The van der Waals surface area contributed by atoms with E-state index in [1.165, 1.54) is 13.4 Å². The first-order chi connectivity index (χ1) is 10.2. The highest BCUT2D eigenvalue weighted by Crippen LogP contribution is 2.25. The molecule has 2 aromatic rings. The molecular formula is C14H18N4O3. The summed E-state index contributed by atoms with van der Waals surface area (Å²) in [6, 6.07) is 5.01. The molecule has 0 aliphatic carbocycles. The summed E-state index contributed by atoms with van der Waals surface area (Å²) in [4.78, 5) is 15.9. The van der Waals surface area contributed by atoms with Gasteiger partial charge in [0.25, 0.3) is 0 Å². The van der Waals surface area contributed by atoms with Crippen molar-refractivity contribution in [3.8, 4) is 5.75 Å². The molecule has 0 unspecified atom stereocenters. The zero-order chi connectivity index (χ0) is 15.2. The van der Waals surface area contributed by atoms with Crippen LogP contribution in [0.15, 0.2) is 24.5 Å². The second-order valence-corrected chi connectivity index (χ2v) is 4.40. The van der Waals surface area contributed by atoms with Crippen LogP contribution in [0.1, 0.15) is 29.5 Å². The maximum atomic E-state index is 11.8. The number of nitrogen functional groups attached to an aromatic ring is 1. The number of nitrogens with two attached hydrogens (primary N) is 1. The smallest absolute Gasteiger partial charge is 0.343 e. The first kappa shape index (κ1) is 14.8. The predicted molar refractivity (Wildman–Crippen MR) is 76.8 cm³/mol. The monoisotopic (exact) mass is 290 g/mol. The van der Waals surface area contributed by atoms with Crippen molar-refractivity contribution in [2.24, 2.45) is 0 Å². The van der Waals surface area contributed by atoms with E-state index in [1.807, 2.05) is 0 Å². The second kappa shape index (κ2) is 6.74. The molecule has 1 aromatic heterocycles. The number of aryl methyl sites for hydroxylation is 1. The molecule has 0 atom stereocenters. The number of aromatic nitrogens is 3. The molecule has 0 spiro atoms. The third-order valence-corrected chi connectivity index (χ3v) is 2.94. The Morgan fingerprint density at radius 2 is 2.24 bits per heavy atom. The zero-order valence-corrected chi connectivity index (χ0v) is 12.1. The van der Waals surface area contributed by atoms with Gasteiger partial charge in [0.1, 0.15) is 24.2 Å². The van der Waals surface area contributed by atoms with Gasteiger partial charge in [0.15, 0.2) is 5.82 Å². The van der Waals surface area contributed by atoms with Crippen LogP contribution in [0.5, 0.6) is 5.75 Å². The van der Waals surface area contributed by atoms with E-state index >= 15 is 0 Å². The fourth-order valence-electron chi connectivity index (χ4n) is 1.93. The Morgan fingerprint density at radius 3 is 2.95 bits per heavy atom. The van der Waals surface area contributed by atoms with Crippen LogP contribution < -0.4 is 10.5 Å². The number of nitrogens with zero attached hydrogens (tertiary/aromatic N) is 3. The van der Waals surface area contributed by atoms with E-state index in [4.69, 9.17) is 15.2 Å². The van der Waals surface area contributed by atoms with Crippen molar-refractivity contribution in [3.63, 3.8) is 0 Å². The van der Waals surface area contributed by atoms with Crippen LogP contribution in [-0.4, -0.2) is 27.8 Å². The Kier molecular flexibility index (Phi) is 4.76. The highest BCUT2D eigenvalue weighted by atomic mass is 16.5. The first-order valence-electron chi connectivity index (χ1n) is 6.63. The maximum Gasteiger partial charge on any atom is 0.343 e. The third-order valence-electron chi connectivity index (χ3n) is 2.94. The SMILES string of the molecule is CCCn1ncnc1COc1cccc(N)c1C(=O)OC. The van der Waals surface area contributed by atoms with Gasteiger partial charge in [-0.3, -0.25) is 0 Å². The van der Waals surface area contributed by atoms with Crippen LogP contribution in [0.25, 0.3) is 0 Å². The van der Waals surface area contributed by atoms with E-state index in [0.717, 1.165) is 13.0 Å². The van der Waals surface area contributed by atoms with Crippen molar-refractivity contribution in [1.82, 2.24) is 14.8 Å².